The summed E-state index contributed by atoms with van der Waals surface area (Å²) in [6.07, 6.45) is 2.47. The smallest absolute Gasteiger partial charge is 0.336 e. The number of ether oxygens (including phenoxy) is 1. The van der Waals surface area contributed by atoms with Gasteiger partial charge in [-0.25, -0.2) is 9.78 Å². The van der Waals surface area contributed by atoms with Crippen LogP contribution in [-0.4, -0.2) is 40.7 Å². The molecular formula is C12H13ClN2O3. The molecule has 0 aliphatic carbocycles. The molecule has 0 spiro atoms. The van der Waals surface area contributed by atoms with Gasteiger partial charge in [-0.15, -0.1) is 0 Å². The van der Waals surface area contributed by atoms with Gasteiger partial charge in [0.15, 0.2) is 6.10 Å². The average molecular weight is 269 g/mol. The minimum atomic E-state index is -0.966. The Kier molecular flexibility index (Phi) is 3.84. The van der Waals surface area contributed by atoms with Gasteiger partial charge in [0.2, 0.25) is 0 Å². The Morgan fingerprint density at radius 1 is 1.67 bits per heavy atom. The van der Waals surface area contributed by atoms with E-state index in [1.54, 1.807) is 18.3 Å². The summed E-state index contributed by atoms with van der Waals surface area (Å²) in [5, 5.41) is 9.27. The van der Waals surface area contributed by atoms with Crippen LogP contribution in [-0.2, 0) is 16.1 Å². The lowest BCUT2D eigenvalue weighted by molar-refractivity contribution is -0.145. The number of hydrogen-bond acceptors (Lipinski definition) is 4. The van der Waals surface area contributed by atoms with Crippen molar-refractivity contribution in [2.75, 3.05) is 13.7 Å². The van der Waals surface area contributed by atoms with E-state index in [1.165, 1.54) is 0 Å². The first kappa shape index (κ1) is 12.9. The van der Waals surface area contributed by atoms with Gasteiger partial charge in [-0.2, -0.15) is 0 Å². The summed E-state index contributed by atoms with van der Waals surface area (Å²) >= 11 is 5.71. The fourth-order valence-electron chi connectivity index (χ4n) is 1.70. The number of hydrogen-bond donors (Lipinski definition) is 1. The largest absolute Gasteiger partial charge is 0.479 e. The fourth-order valence-corrected chi connectivity index (χ4v) is 1.81. The number of carboxylic acid groups (broad SMARTS) is 1. The maximum absolute atomic E-state index is 10.8. The van der Waals surface area contributed by atoms with Crippen molar-refractivity contribution in [3.63, 3.8) is 0 Å². The summed E-state index contributed by atoms with van der Waals surface area (Å²) in [4.78, 5) is 16.7. The third-order valence-corrected chi connectivity index (χ3v) is 2.92. The predicted molar refractivity (Wildman–Crippen MR) is 66.2 cm³/mol. The number of pyridine rings is 1. The summed E-state index contributed by atoms with van der Waals surface area (Å²) in [5.74, 6) is -0.966. The van der Waals surface area contributed by atoms with Crippen LogP contribution in [0.3, 0.4) is 0 Å². The number of aromatic nitrogens is 1. The van der Waals surface area contributed by atoms with Crippen molar-refractivity contribution in [3.05, 3.63) is 40.8 Å². The van der Waals surface area contributed by atoms with Crippen molar-refractivity contribution in [1.82, 2.24) is 9.88 Å². The zero-order valence-corrected chi connectivity index (χ0v) is 10.6. The molecule has 0 radical (unpaired) electrons. The molecule has 5 nitrogen and oxygen atoms in total. The van der Waals surface area contributed by atoms with Crippen LogP contribution in [0.1, 0.15) is 5.56 Å². The van der Waals surface area contributed by atoms with Crippen molar-refractivity contribution in [1.29, 1.82) is 0 Å². The van der Waals surface area contributed by atoms with Gasteiger partial charge < -0.3 is 14.7 Å². The molecule has 0 aromatic carbocycles. The minimum Gasteiger partial charge on any atom is -0.479 e. The molecule has 2 rings (SSSR count). The van der Waals surface area contributed by atoms with Crippen LogP contribution < -0.4 is 0 Å². The van der Waals surface area contributed by atoms with Crippen LogP contribution in [0.25, 0.3) is 0 Å². The number of nitrogens with zero attached hydrogens (tertiary/aromatic N) is 2. The Hall–Kier alpha value is -1.59. The highest BCUT2D eigenvalue weighted by molar-refractivity contribution is 6.29. The van der Waals surface area contributed by atoms with Gasteiger partial charge >= 0.3 is 5.97 Å². The molecule has 1 aliphatic heterocycles. The lowest BCUT2D eigenvalue weighted by Crippen LogP contribution is -2.18. The molecule has 1 atom stereocenters. The number of aliphatic carboxylic acids is 1. The van der Waals surface area contributed by atoms with E-state index in [0.717, 1.165) is 11.3 Å². The number of likely N-dealkylation sites (N-methyl/N-ethyl adjacent to an activating group) is 1. The van der Waals surface area contributed by atoms with Crippen LogP contribution in [0.5, 0.6) is 0 Å². The van der Waals surface area contributed by atoms with E-state index in [4.69, 9.17) is 21.4 Å². The number of halogens is 1. The second kappa shape index (κ2) is 5.37. The van der Waals surface area contributed by atoms with Crippen LogP contribution in [0.15, 0.2) is 30.1 Å². The van der Waals surface area contributed by atoms with Crippen molar-refractivity contribution in [2.45, 2.75) is 12.6 Å². The van der Waals surface area contributed by atoms with Crippen LogP contribution in [0, 0.1) is 0 Å². The third-order valence-electron chi connectivity index (χ3n) is 2.70. The summed E-state index contributed by atoms with van der Waals surface area (Å²) in [7, 11) is 1.88. The molecule has 1 aliphatic rings. The van der Waals surface area contributed by atoms with E-state index in [1.807, 2.05) is 18.0 Å². The quantitative estimate of drug-likeness (QED) is 0.839. The Morgan fingerprint density at radius 3 is 3.00 bits per heavy atom. The van der Waals surface area contributed by atoms with Gasteiger partial charge in [0.25, 0.3) is 0 Å². The monoisotopic (exact) mass is 268 g/mol. The molecule has 0 bridgehead atoms. The van der Waals surface area contributed by atoms with E-state index < -0.39 is 12.1 Å². The van der Waals surface area contributed by atoms with Crippen LogP contribution in [0.4, 0.5) is 0 Å². The first-order valence-electron chi connectivity index (χ1n) is 5.43. The Bertz CT molecular complexity index is 473. The molecule has 0 saturated heterocycles. The first-order valence-corrected chi connectivity index (χ1v) is 5.81. The molecule has 18 heavy (non-hydrogen) atoms. The molecule has 1 aromatic rings. The molecule has 0 fully saturated rings. The van der Waals surface area contributed by atoms with Gasteiger partial charge in [-0.05, 0) is 17.7 Å². The van der Waals surface area contributed by atoms with E-state index in [0.29, 0.717) is 18.3 Å². The highest BCUT2D eigenvalue weighted by atomic mass is 35.5. The van der Waals surface area contributed by atoms with Gasteiger partial charge in [0.1, 0.15) is 5.15 Å². The molecule has 0 amide bonds. The molecule has 96 valence electrons. The van der Waals surface area contributed by atoms with E-state index in [9.17, 15) is 4.79 Å². The van der Waals surface area contributed by atoms with Gasteiger partial charge in [-0.3, -0.25) is 0 Å². The summed E-state index contributed by atoms with van der Waals surface area (Å²) in [6, 6.07) is 3.61. The SMILES string of the molecule is CN(Cc1ccc(Cl)nc1)C1=CC(C(=O)O)OC1. The van der Waals surface area contributed by atoms with Gasteiger partial charge in [-0.1, -0.05) is 17.7 Å². The maximum Gasteiger partial charge on any atom is 0.336 e. The normalized spacial score (nSPS) is 18.6. The standard InChI is InChI=1S/C12H13ClN2O3/c1-15(6-8-2-3-11(13)14-5-8)9-4-10(12(16)17)18-7-9/h2-5,10H,6-7H2,1H3,(H,16,17). The molecular weight excluding hydrogens is 256 g/mol. The predicted octanol–water partition coefficient (Wildman–Crippen LogP) is 1.53. The van der Waals surface area contributed by atoms with E-state index in [-0.39, 0.29) is 0 Å². The Balaban J connectivity index is 2.00. The third kappa shape index (κ3) is 3.00. The molecule has 1 unspecified atom stereocenters. The zero-order valence-electron chi connectivity index (χ0n) is 9.84. The fraction of sp³-hybridized carbons (Fsp3) is 0.333. The highest BCUT2D eigenvalue weighted by Gasteiger charge is 2.24. The number of carbonyl (C=O) groups is 1. The van der Waals surface area contributed by atoms with Crippen molar-refractivity contribution < 1.29 is 14.6 Å². The molecule has 0 saturated carbocycles. The molecule has 6 heteroatoms. The summed E-state index contributed by atoms with van der Waals surface area (Å²) < 4.78 is 5.13. The molecule has 1 aromatic heterocycles. The molecule has 1 N–H and O–H groups in total. The summed E-state index contributed by atoms with van der Waals surface area (Å²) in [6.45, 7) is 0.945. The average Bonchev–Trinajstić information content (AvgIpc) is 2.81. The topological polar surface area (TPSA) is 62.7 Å². The highest BCUT2D eigenvalue weighted by Crippen LogP contribution is 2.17. The first-order chi connectivity index (χ1) is 8.56. The van der Waals surface area contributed by atoms with Gasteiger partial charge in [0, 0.05) is 25.5 Å². The van der Waals surface area contributed by atoms with Crippen LogP contribution in [0.2, 0.25) is 5.15 Å². The maximum atomic E-state index is 10.8. The van der Waals surface area contributed by atoms with Crippen molar-refractivity contribution >= 4 is 17.6 Å². The lowest BCUT2D eigenvalue weighted by atomic mass is 10.2. The van der Waals surface area contributed by atoms with Crippen molar-refractivity contribution in [3.8, 4) is 0 Å². The molecule has 2 heterocycles. The van der Waals surface area contributed by atoms with Crippen molar-refractivity contribution in [2.24, 2.45) is 0 Å². The Morgan fingerprint density at radius 2 is 2.44 bits per heavy atom. The van der Waals surface area contributed by atoms with Gasteiger partial charge in [0.05, 0.1) is 6.61 Å². The van der Waals surface area contributed by atoms with Crippen LogP contribution >= 0.6 is 11.6 Å². The second-order valence-corrected chi connectivity index (χ2v) is 4.46. The van der Waals surface area contributed by atoms with E-state index >= 15 is 0 Å². The summed E-state index contributed by atoms with van der Waals surface area (Å²) in [5.41, 5.74) is 1.86. The second-order valence-electron chi connectivity index (χ2n) is 4.07. The lowest BCUT2D eigenvalue weighted by Gasteiger charge is -2.19. The number of carboxylic acids is 1. The van der Waals surface area contributed by atoms with E-state index in [2.05, 4.69) is 4.98 Å². The minimum absolute atomic E-state index is 0.314. The Labute approximate surface area is 110 Å². The zero-order chi connectivity index (χ0) is 13.1. The number of rotatable bonds is 4.